The summed E-state index contributed by atoms with van der Waals surface area (Å²) in [4.78, 5) is 5.39. The number of rotatable bonds is 6. The van der Waals surface area contributed by atoms with E-state index in [4.69, 9.17) is 5.73 Å². The van der Waals surface area contributed by atoms with Crippen LogP contribution < -0.4 is 16.0 Å². The van der Waals surface area contributed by atoms with Crippen molar-refractivity contribution in [2.75, 3.05) is 38.0 Å². The maximum Gasteiger partial charge on any atom is 0.163 e. The Balaban J connectivity index is 2.20. The zero-order valence-electron chi connectivity index (χ0n) is 11.7. The fraction of sp³-hybridized carbons (Fsp3) is 0.692. The Labute approximate surface area is 118 Å². The molecule has 0 saturated carbocycles. The summed E-state index contributed by atoms with van der Waals surface area (Å²) in [5, 5.41) is 4.42. The first-order valence-corrected chi connectivity index (χ1v) is 7.58. The number of hydrogen-bond acceptors (Lipinski definition) is 5. The van der Waals surface area contributed by atoms with Crippen LogP contribution in [0.2, 0.25) is 0 Å². The van der Waals surface area contributed by atoms with Gasteiger partial charge in [-0.1, -0.05) is 6.92 Å². The lowest BCUT2D eigenvalue weighted by molar-refractivity contribution is 0.252. The Morgan fingerprint density at radius 2 is 2.26 bits per heavy atom. The molecule has 0 fully saturated rings. The Morgan fingerprint density at radius 1 is 1.47 bits per heavy atom. The van der Waals surface area contributed by atoms with Gasteiger partial charge in [0.25, 0.3) is 0 Å². The number of anilines is 1. The van der Waals surface area contributed by atoms with Gasteiger partial charge in [-0.15, -0.1) is 11.3 Å². The number of nitrogens with zero attached hydrogens (tertiary/aromatic N) is 2. The van der Waals surface area contributed by atoms with Gasteiger partial charge in [0.1, 0.15) is 0 Å². The molecule has 3 N–H and O–H groups in total. The molecule has 6 heteroatoms. The highest BCUT2D eigenvalue weighted by Crippen LogP contribution is 2.39. The highest BCUT2D eigenvalue weighted by Gasteiger charge is 2.26. The number of fused-ring (bicyclic) bond motifs is 1. The van der Waals surface area contributed by atoms with Gasteiger partial charge in [-0.05, 0) is 19.0 Å². The highest BCUT2D eigenvalue weighted by atomic mass is 32.1. The van der Waals surface area contributed by atoms with Crippen LogP contribution in [0.3, 0.4) is 0 Å². The van der Waals surface area contributed by atoms with Gasteiger partial charge in [-0.25, -0.2) is 4.39 Å². The predicted molar refractivity (Wildman–Crippen MR) is 79.2 cm³/mol. The third-order valence-electron chi connectivity index (χ3n) is 3.59. The zero-order valence-corrected chi connectivity index (χ0v) is 12.5. The van der Waals surface area contributed by atoms with Gasteiger partial charge in [-0.3, -0.25) is 4.90 Å². The first-order valence-electron chi connectivity index (χ1n) is 6.76. The molecule has 1 aromatic heterocycles. The van der Waals surface area contributed by atoms with Crippen molar-refractivity contribution in [3.8, 4) is 0 Å². The molecule has 4 nitrogen and oxygen atoms in total. The normalized spacial score (nSPS) is 15.9. The van der Waals surface area contributed by atoms with Crippen LogP contribution in [0.15, 0.2) is 0 Å². The van der Waals surface area contributed by atoms with Gasteiger partial charge in [0, 0.05) is 36.6 Å². The van der Waals surface area contributed by atoms with Gasteiger partial charge in [0.05, 0.1) is 11.7 Å². The number of nitrogens with one attached hydrogen (secondary N) is 1. The Hall–Kier alpha value is -0.690. The molecule has 108 valence electrons. The Morgan fingerprint density at radius 3 is 2.89 bits per heavy atom. The van der Waals surface area contributed by atoms with E-state index in [9.17, 15) is 4.39 Å². The number of hydrogen-bond donors (Lipinski definition) is 2. The van der Waals surface area contributed by atoms with E-state index in [1.54, 1.807) is 11.3 Å². The summed E-state index contributed by atoms with van der Waals surface area (Å²) in [5.74, 6) is 0. The van der Waals surface area contributed by atoms with Crippen molar-refractivity contribution in [1.29, 1.82) is 0 Å². The minimum atomic E-state index is -0.418. The third kappa shape index (κ3) is 3.08. The summed E-state index contributed by atoms with van der Waals surface area (Å²) < 4.78 is 13.2. The molecule has 1 aromatic rings. The SMILES string of the molecule is CCN1Cc2c(sc(CNCCN)c2C)N(CF)C1. The topological polar surface area (TPSA) is 44.5 Å². The molecule has 0 amide bonds. The molecule has 2 heterocycles. The van der Waals surface area contributed by atoms with Crippen molar-refractivity contribution >= 4 is 16.3 Å². The first-order chi connectivity index (χ1) is 9.21. The van der Waals surface area contributed by atoms with Crippen LogP contribution in [0.5, 0.6) is 0 Å². The second-order valence-electron chi connectivity index (χ2n) is 4.85. The van der Waals surface area contributed by atoms with Crippen molar-refractivity contribution in [3.63, 3.8) is 0 Å². The molecule has 19 heavy (non-hydrogen) atoms. The third-order valence-corrected chi connectivity index (χ3v) is 4.98. The van der Waals surface area contributed by atoms with E-state index in [-0.39, 0.29) is 0 Å². The molecule has 0 bridgehead atoms. The van der Waals surface area contributed by atoms with E-state index < -0.39 is 6.80 Å². The van der Waals surface area contributed by atoms with Gasteiger partial charge >= 0.3 is 0 Å². The standard InChI is InChI=1S/C13H23FN4S/c1-3-17-7-11-10(2)12(6-16-5-4-15)19-13(11)18(8-14)9-17/h16H,3-9,15H2,1-2H3. The molecule has 0 aliphatic carbocycles. The second-order valence-corrected chi connectivity index (χ2v) is 5.93. The summed E-state index contributed by atoms with van der Waals surface area (Å²) in [6.07, 6.45) is 0. The van der Waals surface area contributed by atoms with E-state index in [2.05, 4.69) is 24.1 Å². The van der Waals surface area contributed by atoms with Gasteiger partial charge < -0.3 is 16.0 Å². The molecular weight excluding hydrogens is 263 g/mol. The van der Waals surface area contributed by atoms with Crippen molar-refractivity contribution in [2.24, 2.45) is 5.73 Å². The van der Waals surface area contributed by atoms with Crippen LogP contribution in [-0.2, 0) is 13.1 Å². The average molecular weight is 286 g/mol. The van der Waals surface area contributed by atoms with Gasteiger partial charge in [0.2, 0.25) is 0 Å². The quantitative estimate of drug-likeness (QED) is 0.616. The number of alkyl halides is 1. The van der Waals surface area contributed by atoms with E-state index in [1.807, 2.05) is 4.90 Å². The maximum absolute atomic E-state index is 13.2. The minimum Gasteiger partial charge on any atom is -0.329 e. The lowest BCUT2D eigenvalue weighted by Gasteiger charge is -2.34. The predicted octanol–water partition coefficient (Wildman–Crippen LogP) is 1.63. The summed E-state index contributed by atoms with van der Waals surface area (Å²) >= 11 is 1.71. The molecular formula is C13H23FN4S. The summed E-state index contributed by atoms with van der Waals surface area (Å²) in [6.45, 7) is 8.70. The largest absolute Gasteiger partial charge is 0.329 e. The molecule has 0 aromatic carbocycles. The summed E-state index contributed by atoms with van der Waals surface area (Å²) in [6, 6.07) is 0. The molecule has 0 atom stereocenters. The highest BCUT2D eigenvalue weighted by molar-refractivity contribution is 7.16. The zero-order chi connectivity index (χ0) is 13.8. The minimum absolute atomic E-state index is 0.418. The monoisotopic (exact) mass is 286 g/mol. The van der Waals surface area contributed by atoms with Crippen LogP contribution in [-0.4, -0.2) is 38.0 Å². The number of nitrogens with two attached hydrogens (primary N) is 1. The fourth-order valence-corrected chi connectivity index (χ4v) is 3.64. The summed E-state index contributed by atoms with van der Waals surface area (Å²) in [5.41, 5.74) is 8.08. The van der Waals surface area contributed by atoms with Gasteiger partial charge in [-0.2, -0.15) is 0 Å². The van der Waals surface area contributed by atoms with Crippen LogP contribution in [0.25, 0.3) is 0 Å². The van der Waals surface area contributed by atoms with Crippen molar-refractivity contribution < 1.29 is 4.39 Å². The molecule has 0 unspecified atom stereocenters. The molecule has 0 spiro atoms. The molecule has 1 aliphatic rings. The maximum atomic E-state index is 13.2. The van der Waals surface area contributed by atoms with Crippen LogP contribution in [0.1, 0.15) is 22.9 Å². The van der Waals surface area contributed by atoms with E-state index in [1.165, 1.54) is 16.0 Å². The first kappa shape index (κ1) is 14.7. The molecule has 2 rings (SSSR count). The smallest absolute Gasteiger partial charge is 0.163 e. The summed E-state index contributed by atoms with van der Waals surface area (Å²) in [7, 11) is 0. The van der Waals surface area contributed by atoms with Crippen LogP contribution >= 0.6 is 11.3 Å². The molecule has 1 aliphatic heterocycles. The molecule has 0 saturated heterocycles. The van der Waals surface area contributed by atoms with Crippen molar-refractivity contribution in [2.45, 2.75) is 26.9 Å². The van der Waals surface area contributed by atoms with Gasteiger partial charge in [0.15, 0.2) is 6.80 Å². The van der Waals surface area contributed by atoms with E-state index >= 15 is 0 Å². The number of thiophene rings is 1. The lowest BCUT2D eigenvalue weighted by atomic mass is 10.1. The number of halogens is 1. The fourth-order valence-electron chi connectivity index (χ4n) is 2.38. The van der Waals surface area contributed by atoms with Crippen LogP contribution in [0.4, 0.5) is 9.39 Å². The lowest BCUT2D eigenvalue weighted by Crippen LogP contribution is -2.41. The van der Waals surface area contributed by atoms with E-state index in [0.717, 1.165) is 31.2 Å². The van der Waals surface area contributed by atoms with Crippen LogP contribution in [0, 0.1) is 6.92 Å². The molecule has 0 radical (unpaired) electrons. The second kappa shape index (κ2) is 6.65. The van der Waals surface area contributed by atoms with E-state index in [0.29, 0.717) is 13.2 Å². The van der Waals surface area contributed by atoms with Crippen molar-refractivity contribution in [1.82, 2.24) is 10.2 Å². The van der Waals surface area contributed by atoms with Crippen molar-refractivity contribution in [3.05, 3.63) is 16.0 Å². The Kier molecular flexibility index (Phi) is 5.15. The average Bonchev–Trinajstić information content (AvgIpc) is 2.75. The Bertz CT molecular complexity index is 421.